The minimum absolute atomic E-state index is 0.00167. The Morgan fingerprint density at radius 2 is 2.05 bits per heavy atom. The van der Waals surface area contributed by atoms with Crippen LogP contribution in [-0.4, -0.2) is 36.8 Å². The van der Waals surface area contributed by atoms with Crippen molar-refractivity contribution < 1.29 is 18.3 Å². The van der Waals surface area contributed by atoms with Crippen molar-refractivity contribution in [1.29, 1.82) is 0 Å². The molecule has 0 saturated carbocycles. The third-order valence-corrected chi connectivity index (χ3v) is 4.26. The van der Waals surface area contributed by atoms with Crippen molar-refractivity contribution in [3.05, 3.63) is 30.1 Å². The molecule has 0 saturated heterocycles. The molecule has 20 heavy (non-hydrogen) atoms. The number of aliphatic carboxylic acids is 1. The molecule has 1 aromatic heterocycles. The maximum absolute atomic E-state index is 11.8. The smallest absolute Gasteiger partial charge is 0.303 e. The number of rotatable bonds is 9. The Labute approximate surface area is 119 Å². The van der Waals surface area contributed by atoms with Gasteiger partial charge in [0, 0.05) is 25.4 Å². The van der Waals surface area contributed by atoms with Gasteiger partial charge in [-0.1, -0.05) is 6.92 Å². The van der Waals surface area contributed by atoms with Gasteiger partial charge in [-0.2, -0.15) is 0 Å². The topological polar surface area (TPSA) is 96.4 Å². The summed E-state index contributed by atoms with van der Waals surface area (Å²) in [6, 6.07) is 3.57. The molecule has 0 bridgehead atoms. The number of carboxylic acid groups (broad SMARTS) is 1. The Morgan fingerprint density at radius 3 is 2.65 bits per heavy atom. The van der Waals surface area contributed by atoms with E-state index in [-0.39, 0.29) is 24.6 Å². The first kappa shape index (κ1) is 16.6. The van der Waals surface area contributed by atoms with Gasteiger partial charge in [-0.15, -0.1) is 0 Å². The predicted molar refractivity (Wildman–Crippen MR) is 75.8 cm³/mol. The van der Waals surface area contributed by atoms with E-state index in [0.717, 1.165) is 5.56 Å². The molecule has 0 radical (unpaired) electrons. The number of hydrogen-bond acceptors (Lipinski definition) is 4. The third-order valence-electron chi connectivity index (χ3n) is 2.91. The van der Waals surface area contributed by atoms with E-state index in [0.29, 0.717) is 12.8 Å². The van der Waals surface area contributed by atoms with Gasteiger partial charge in [0.2, 0.25) is 10.0 Å². The van der Waals surface area contributed by atoms with Gasteiger partial charge in [-0.3, -0.25) is 9.78 Å². The van der Waals surface area contributed by atoms with E-state index in [1.54, 1.807) is 24.5 Å². The Morgan fingerprint density at radius 1 is 1.40 bits per heavy atom. The van der Waals surface area contributed by atoms with Crippen molar-refractivity contribution in [2.24, 2.45) is 5.92 Å². The van der Waals surface area contributed by atoms with E-state index >= 15 is 0 Å². The molecule has 0 aliphatic rings. The van der Waals surface area contributed by atoms with Crippen LogP contribution in [0.3, 0.4) is 0 Å². The summed E-state index contributed by atoms with van der Waals surface area (Å²) in [4.78, 5) is 14.3. The molecule has 0 aromatic carbocycles. The highest BCUT2D eigenvalue weighted by Crippen LogP contribution is 2.05. The van der Waals surface area contributed by atoms with Crippen LogP contribution < -0.4 is 4.72 Å². The van der Waals surface area contributed by atoms with Crippen LogP contribution in [-0.2, 0) is 21.2 Å². The van der Waals surface area contributed by atoms with Crippen LogP contribution in [0.4, 0.5) is 0 Å². The number of aromatic nitrogens is 1. The van der Waals surface area contributed by atoms with Crippen molar-refractivity contribution in [2.75, 3.05) is 12.3 Å². The molecular formula is C13H20N2O4S. The molecule has 0 aliphatic heterocycles. The lowest BCUT2D eigenvalue weighted by molar-refractivity contribution is -0.137. The quantitative estimate of drug-likeness (QED) is 0.710. The second-order valence-electron chi connectivity index (χ2n) is 4.81. The third kappa shape index (κ3) is 7.20. The fourth-order valence-corrected chi connectivity index (χ4v) is 2.80. The predicted octanol–water partition coefficient (Wildman–Crippen LogP) is 1.04. The first-order valence-corrected chi connectivity index (χ1v) is 8.12. The largest absolute Gasteiger partial charge is 0.481 e. The van der Waals surface area contributed by atoms with E-state index in [9.17, 15) is 13.2 Å². The number of hydrogen-bond donors (Lipinski definition) is 2. The maximum Gasteiger partial charge on any atom is 0.303 e. The number of carbonyl (C=O) groups is 1. The van der Waals surface area contributed by atoms with Crippen molar-refractivity contribution in [2.45, 2.75) is 26.2 Å². The first-order chi connectivity index (χ1) is 9.39. The van der Waals surface area contributed by atoms with E-state index in [1.807, 2.05) is 6.92 Å². The molecule has 0 fully saturated rings. The monoisotopic (exact) mass is 300 g/mol. The van der Waals surface area contributed by atoms with Crippen LogP contribution in [0.1, 0.15) is 25.3 Å². The van der Waals surface area contributed by atoms with Crippen LogP contribution in [0.25, 0.3) is 0 Å². The second kappa shape index (κ2) is 7.96. The van der Waals surface area contributed by atoms with Gasteiger partial charge in [0.25, 0.3) is 0 Å². The Hall–Kier alpha value is -1.47. The summed E-state index contributed by atoms with van der Waals surface area (Å²) in [6.45, 7) is 2.10. The molecule has 1 atom stereocenters. The van der Waals surface area contributed by atoms with Crippen LogP contribution in [0.5, 0.6) is 0 Å². The van der Waals surface area contributed by atoms with E-state index in [2.05, 4.69) is 9.71 Å². The average molecular weight is 300 g/mol. The number of aryl methyl sites for hydroxylation is 1. The van der Waals surface area contributed by atoms with Crippen molar-refractivity contribution >= 4 is 16.0 Å². The summed E-state index contributed by atoms with van der Waals surface area (Å²) in [5.41, 5.74) is 0.921. The molecule has 1 unspecified atom stereocenters. The van der Waals surface area contributed by atoms with Gasteiger partial charge in [0.05, 0.1) is 5.75 Å². The Kier molecular flexibility index (Phi) is 6.60. The molecule has 6 nitrogen and oxygen atoms in total. The summed E-state index contributed by atoms with van der Waals surface area (Å²) >= 11 is 0. The second-order valence-corrected chi connectivity index (χ2v) is 6.74. The number of sulfonamides is 1. The minimum atomic E-state index is -3.33. The van der Waals surface area contributed by atoms with E-state index in [4.69, 9.17) is 5.11 Å². The lowest BCUT2D eigenvalue weighted by atomic mass is 10.1. The zero-order chi connectivity index (χ0) is 15.0. The Balaban J connectivity index is 2.32. The number of pyridine rings is 1. The molecule has 1 aromatic rings. The maximum atomic E-state index is 11.8. The van der Waals surface area contributed by atoms with Gasteiger partial charge < -0.3 is 5.11 Å². The SMILES string of the molecule is CC(CCC(=O)O)CNS(=O)(=O)CCc1ccncc1. The Bertz CT molecular complexity index is 516. The van der Waals surface area contributed by atoms with Gasteiger partial charge in [0.15, 0.2) is 0 Å². The first-order valence-electron chi connectivity index (χ1n) is 6.47. The standard InChI is InChI=1S/C13H20N2O4S/c1-11(2-3-13(16)17)10-15-20(18,19)9-6-12-4-7-14-8-5-12/h4-5,7-8,11,15H,2-3,6,9-10H2,1H3,(H,16,17). The highest BCUT2D eigenvalue weighted by atomic mass is 32.2. The summed E-state index contributed by atoms with van der Waals surface area (Å²) in [7, 11) is -3.33. The highest BCUT2D eigenvalue weighted by molar-refractivity contribution is 7.89. The summed E-state index contributed by atoms with van der Waals surface area (Å²) in [5, 5.41) is 8.56. The summed E-state index contributed by atoms with van der Waals surface area (Å²) in [6.07, 6.45) is 4.20. The molecule has 112 valence electrons. The fourth-order valence-electron chi connectivity index (χ4n) is 1.62. The van der Waals surface area contributed by atoms with Crippen molar-refractivity contribution in [1.82, 2.24) is 9.71 Å². The molecule has 2 N–H and O–H groups in total. The molecule has 1 rings (SSSR count). The number of nitrogens with one attached hydrogen (secondary N) is 1. The van der Waals surface area contributed by atoms with Crippen molar-refractivity contribution in [3.8, 4) is 0 Å². The zero-order valence-electron chi connectivity index (χ0n) is 11.4. The molecule has 7 heteroatoms. The molecular weight excluding hydrogens is 280 g/mol. The average Bonchev–Trinajstić information content (AvgIpc) is 2.42. The lowest BCUT2D eigenvalue weighted by Gasteiger charge is -2.12. The van der Waals surface area contributed by atoms with E-state index in [1.165, 1.54) is 0 Å². The molecule has 0 spiro atoms. The zero-order valence-corrected chi connectivity index (χ0v) is 12.3. The normalized spacial score (nSPS) is 13.1. The summed E-state index contributed by atoms with van der Waals surface area (Å²) < 4.78 is 26.1. The molecule has 1 heterocycles. The minimum Gasteiger partial charge on any atom is -0.481 e. The fraction of sp³-hybridized carbons (Fsp3) is 0.538. The van der Waals surface area contributed by atoms with Gasteiger partial charge in [-0.25, -0.2) is 13.1 Å². The van der Waals surface area contributed by atoms with Gasteiger partial charge in [0.1, 0.15) is 0 Å². The van der Waals surface area contributed by atoms with Crippen LogP contribution in [0.2, 0.25) is 0 Å². The molecule has 0 amide bonds. The summed E-state index contributed by atoms with van der Waals surface area (Å²) in [5.74, 6) is -0.845. The van der Waals surface area contributed by atoms with Crippen molar-refractivity contribution in [3.63, 3.8) is 0 Å². The van der Waals surface area contributed by atoms with Gasteiger partial charge >= 0.3 is 5.97 Å². The molecule has 0 aliphatic carbocycles. The number of carboxylic acids is 1. The lowest BCUT2D eigenvalue weighted by Crippen LogP contribution is -2.31. The van der Waals surface area contributed by atoms with E-state index < -0.39 is 16.0 Å². The van der Waals surface area contributed by atoms with Crippen LogP contribution >= 0.6 is 0 Å². The van der Waals surface area contributed by atoms with Gasteiger partial charge in [-0.05, 0) is 36.5 Å². The van der Waals surface area contributed by atoms with Crippen LogP contribution in [0, 0.1) is 5.92 Å². The van der Waals surface area contributed by atoms with Crippen LogP contribution in [0.15, 0.2) is 24.5 Å². The number of nitrogens with zero attached hydrogens (tertiary/aromatic N) is 1. The highest BCUT2D eigenvalue weighted by Gasteiger charge is 2.13.